The third-order valence-electron chi connectivity index (χ3n) is 6.59. The number of terminal acetylenes is 1. The number of allylic oxidation sites excluding steroid dienone is 1. The average molecular weight is 645 g/mol. The van der Waals surface area contributed by atoms with E-state index in [2.05, 4.69) is 27.2 Å². The Labute approximate surface area is 254 Å². The van der Waals surface area contributed by atoms with E-state index in [-0.39, 0.29) is 18.1 Å². The molecule has 0 radical (unpaired) electrons. The number of methoxy groups -OCH3 is 2. The average Bonchev–Trinajstić information content (AvgIpc) is 3.29. The number of anilines is 1. The quantitative estimate of drug-likeness (QED) is 0.282. The summed E-state index contributed by atoms with van der Waals surface area (Å²) < 4.78 is 19.5. The van der Waals surface area contributed by atoms with Gasteiger partial charge in [-0.25, -0.2) is 4.99 Å². The van der Waals surface area contributed by atoms with Crippen molar-refractivity contribution in [1.82, 2.24) is 4.57 Å². The fourth-order valence-electron chi connectivity index (χ4n) is 4.69. The van der Waals surface area contributed by atoms with Gasteiger partial charge in [-0.2, -0.15) is 0 Å². The minimum absolute atomic E-state index is 0.0854. The number of para-hydroxylation sites is 1. The maximum Gasteiger partial charge on any atom is 0.271 e. The molecule has 1 atom stereocenters. The first kappa shape index (κ1) is 28.9. The van der Waals surface area contributed by atoms with E-state index in [0.717, 1.165) is 4.47 Å². The van der Waals surface area contributed by atoms with E-state index < -0.39 is 6.04 Å². The highest BCUT2D eigenvalue weighted by molar-refractivity contribution is 9.10. The molecule has 212 valence electrons. The van der Waals surface area contributed by atoms with Crippen LogP contribution in [0.4, 0.5) is 5.69 Å². The Kier molecular flexibility index (Phi) is 8.61. The standard InChI is InChI=1S/C32H26BrN3O5S/c1-5-15-41-24-14-12-22(33)16-21(24)18-27-31(38)36-29(20-11-13-25(39-3)26(17-20)40-4)28(19(2)34-32(36)42-27)30(37)35-23-9-7-6-8-10-23/h1,6-14,16-18,29H,15H2,2-4H3,(H,35,37)/b27-18-/t29-/m0/s1. The molecular formula is C32H26BrN3O5S. The second-order valence-electron chi connectivity index (χ2n) is 9.19. The lowest BCUT2D eigenvalue weighted by Crippen LogP contribution is -2.40. The van der Waals surface area contributed by atoms with Crippen molar-refractivity contribution in [1.29, 1.82) is 0 Å². The Morgan fingerprint density at radius 3 is 2.55 bits per heavy atom. The number of nitrogens with zero attached hydrogens (tertiary/aromatic N) is 2. The summed E-state index contributed by atoms with van der Waals surface area (Å²) >= 11 is 4.72. The Balaban J connectivity index is 1.71. The topological polar surface area (TPSA) is 91.1 Å². The molecule has 10 heteroatoms. The van der Waals surface area contributed by atoms with Gasteiger partial charge in [0.05, 0.1) is 36.1 Å². The molecule has 0 unspecified atom stereocenters. The highest BCUT2D eigenvalue weighted by Crippen LogP contribution is 2.36. The van der Waals surface area contributed by atoms with Gasteiger partial charge in [0.2, 0.25) is 0 Å². The smallest absolute Gasteiger partial charge is 0.271 e. The first-order chi connectivity index (χ1) is 20.3. The molecule has 0 saturated carbocycles. The van der Waals surface area contributed by atoms with Crippen molar-refractivity contribution >= 4 is 44.9 Å². The van der Waals surface area contributed by atoms with E-state index in [4.69, 9.17) is 25.6 Å². The zero-order valence-corrected chi connectivity index (χ0v) is 25.4. The van der Waals surface area contributed by atoms with Crippen molar-refractivity contribution in [3.63, 3.8) is 0 Å². The van der Waals surface area contributed by atoms with Gasteiger partial charge in [-0.3, -0.25) is 14.2 Å². The molecule has 1 aliphatic rings. The van der Waals surface area contributed by atoms with Crippen molar-refractivity contribution in [3.05, 3.63) is 113 Å². The number of halogens is 1. The van der Waals surface area contributed by atoms with E-state index in [1.807, 2.05) is 36.4 Å². The number of rotatable bonds is 8. The van der Waals surface area contributed by atoms with E-state index >= 15 is 0 Å². The van der Waals surface area contributed by atoms with Gasteiger partial charge in [0.25, 0.3) is 11.5 Å². The number of amides is 1. The number of hydrogen-bond donors (Lipinski definition) is 1. The summed E-state index contributed by atoms with van der Waals surface area (Å²) in [5, 5.41) is 2.95. The number of nitrogens with one attached hydrogen (secondary N) is 1. The highest BCUT2D eigenvalue weighted by Gasteiger charge is 2.33. The van der Waals surface area contributed by atoms with Crippen molar-refractivity contribution in [2.24, 2.45) is 4.99 Å². The molecule has 3 aromatic carbocycles. The van der Waals surface area contributed by atoms with Crippen LogP contribution in [0.15, 0.2) is 92.3 Å². The molecule has 0 fully saturated rings. The van der Waals surface area contributed by atoms with Crippen LogP contribution in [0.5, 0.6) is 17.2 Å². The van der Waals surface area contributed by atoms with E-state index in [1.165, 1.54) is 18.4 Å². The molecule has 42 heavy (non-hydrogen) atoms. The normalized spacial score (nSPS) is 14.5. The fourth-order valence-corrected chi connectivity index (χ4v) is 6.11. The molecule has 4 aromatic rings. The van der Waals surface area contributed by atoms with Crippen LogP contribution in [0.1, 0.15) is 24.1 Å². The zero-order chi connectivity index (χ0) is 29.8. The van der Waals surface area contributed by atoms with Gasteiger partial charge in [-0.1, -0.05) is 57.5 Å². The first-order valence-electron chi connectivity index (χ1n) is 12.8. The lowest BCUT2D eigenvalue weighted by atomic mass is 9.94. The number of aromatic nitrogens is 1. The summed E-state index contributed by atoms with van der Waals surface area (Å²) in [5.41, 5.74) is 2.49. The lowest BCUT2D eigenvalue weighted by Gasteiger charge is -2.26. The van der Waals surface area contributed by atoms with Gasteiger partial charge in [0.15, 0.2) is 16.3 Å². The van der Waals surface area contributed by atoms with Gasteiger partial charge in [0.1, 0.15) is 12.4 Å². The second kappa shape index (κ2) is 12.5. The number of benzene rings is 3. The fraction of sp³-hybridized carbons (Fsp3) is 0.156. The van der Waals surface area contributed by atoms with Crippen molar-refractivity contribution in [3.8, 4) is 29.6 Å². The third kappa shape index (κ3) is 5.75. The van der Waals surface area contributed by atoms with Crippen LogP contribution in [0, 0.1) is 12.3 Å². The maximum atomic E-state index is 14.1. The highest BCUT2D eigenvalue weighted by atomic mass is 79.9. The second-order valence-corrected chi connectivity index (χ2v) is 11.1. The van der Waals surface area contributed by atoms with Crippen LogP contribution in [0.3, 0.4) is 0 Å². The van der Waals surface area contributed by atoms with E-state index in [1.54, 1.807) is 55.0 Å². The van der Waals surface area contributed by atoms with Crippen LogP contribution in [-0.2, 0) is 4.79 Å². The molecular weight excluding hydrogens is 618 g/mol. The minimum atomic E-state index is -0.786. The third-order valence-corrected chi connectivity index (χ3v) is 8.07. The van der Waals surface area contributed by atoms with Crippen LogP contribution in [0.2, 0.25) is 0 Å². The first-order valence-corrected chi connectivity index (χ1v) is 14.4. The van der Waals surface area contributed by atoms with Gasteiger partial charge in [0, 0.05) is 15.7 Å². The Morgan fingerprint density at radius 1 is 1.10 bits per heavy atom. The van der Waals surface area contributed by atoms with E-state index in [0.29, 0.717) is 54.7 Å². The molecule has 1 amide bonds. The number of carbonyl (C=O) groups is 1. The van der Waals surface area contributed by atoms with Crippen LogP contribution in [-0.4, -0.2) is 31.3 Å². The van der Waals surface area contributed by atoms with Crippen molar-refractivity contribution in [2.75, 3.05) is 26.1 Å². The summed E-state index contributed by atoms with van der Waals surface area (Å²) in [4.78, 5) is 33.1. The predicted octanol–water partition coefficient (Wildman–Crippen LogP) is 4.67. The predicted molar refractivity (Wildman–Crippen MR) is 167 cm³/mol. The van der Waals surface area contributed by atoms with Crippen LogP contribution in [0.25, 0.3) is 6.08 Å². The van der Waals surface area contributed by atoms with E-state index in [9.17, 15) is 9.59 Å². The monoisotopic (exact) mass is 643 g/mol. The molecule has 0 spiro atoms. The number of thiazole rings is 1. The summed E-state index contributed by atoms with van der Waals surface area (Å²) in [5.74, 6) is 3.63. The lowest BCUT2D eigenvalue weighted by molar-refractivity contribution is -0.113. The molecule has 8 nitrogen and oxygen atoms in total. The minimum Gasteiger partial charge on any atom is -0.493 e. The van der Waals surface area contributed by atoms with Gasteiger partial charge >= 0.3 is 0 Å². The summed E-state index contributed by atoms with van der Waals surface area (Å²) in [6.45, 7) is 1.85. The maximum absolute atomic E-state index is 14.1. The Morgan fingerprint density at radius 2 is 1.83 bits per heavy atom. The molecule has 1 aliphatic heterocycles. The molecule has 0 bridgehead atoms. The van der Waals surface area contributed by atoms with Gasteiger partial charge in [-0.05, 0) is 61.0 Å². The zero-order valence-electron chi connectivity index (χ0n) is 23.0. The van der Waals surface area contributed by atoms with Crippen molar-refractivity contribution in [2.45, 2.75) is 13.0 Å². The van der Waals surface area contributed by atoms with Crippen LogP contribution < -0.4 is 34.4 Å². The molecule has 0 aliphatic carbocycles. The summed E-state index contributed by atoms with van der Waals surface area (Å²) in [6, 6.07) is 19.2. The SMILES string of the molecule is C#CCOc1ccc(Br)cc1/C=c1\sc2n(c1=O)[C@@H](c1ccc(OC)c(OC)c1)C(C(=O)Nc1ccccc1)=C(C)N=2. The largest absolute Gasteiger partial charge is 0.493 e. The molecule has 2 heterocycles. The van der Waals surface area contributed by atoms with Crippen LogP contribution >= 0.6 is 27.3 Å². The summed E-state index contributed by atoms with van der Waals surface area (Å²) in [6.07, 6.45) is 7.14. The Bertz CT molecular complexity index is 1920. The van der Waals surface area contributed by atoms with Gasteiger partial charge in [-0.15, -0.1) is 6.42 Å². The number of fused-ring (bicyclic) bond motifs is 1. The molecule has 1 aromatic heterocycles. The number of ether oxygens (including phenoxy) is 3. The molecule has 1 N–H and O–H groups in total. The van der Waals surface area contributed by atoms with Crippen molar-refractivity contribution < 1.29 is 19.0 Å². The molecule has 0 saturated heterocycles. The number of carbonyl (C=O) groups excluding carboxylic acids is 1. The number of hydrogen-bond acceptors (Lipinski definition) is 7. The van der Waals surface area contributed by atoms with Gasteiger partial charge < -0.3 is 19.5 Å². The Hall–Kier alpha value is -4.59. The molecule has 5 rings (SSSR count). The summed E-state index contributed by atoms with van der Waals surface area (Å²) in [7, 11) is 3.09.